The summed E-state index contributed by atoms with van der Waals surface area (Å²) in [5, 5.41) is 2.89. The number of rotatable bonds is 7. The Morgan fingerprint density at radius 1 is 1.17 bits per heavy atom. The minimum absolute atomic E-state index is 0.0433. The van der Waals surface area contributed by atoms with E-state index in [0.29, 0.717) is 45.2 Å². The van der Waals surface area contributed by atoms with Crippen molar-refractivity contribution >= 4 is 16.1 Å². The van der Waals surface area contributed by atoms with Crippen molar-refractivity contribution in [1.29, 1.82) is 0 Å². The summed E-state index contributed by atoms with van der Waals surface area (Å²) >= 11 is 0. The number of amides is 1. The molecule has 1 atom stereocenters. The van der Waals surface area contributed by atoms with Crippen LogP contribution >= 0.6 is 0 Å². The van der Waals surface area contributed by atoms with Crippen molar-refractivity contribution in [2.45, 2.75) is 39.0 Å². The van der Waals surface area contributed by atoms with Crippen LogP contribution in [0.2, 0.25) is 0 Å². The fourth-order valence-corrected chi connectivity index (χ4v) is 5.04. The van der Waals surface area contributed by atoms with Gasteiger partial charge in [0.1, 0.15) is 0 Å². The third-order valence-electron chi connectivity index (χ3n) is 4.97. The van der Waals surface area contributed by atoms with Crippen molar-refractivity contribution in [2.75, 3.05) is 46.4 Å². The standard InChI is InChI=1S/C16H31N3O4S/c1-14-6-10-18(11-7-14)24(21,22)19-9-3-5-15(13-19)16(20)17-8-4-12-23-2/h14-15H,3-13H2,1-2H3,(H,17,20)/t15-/m1/s1. The second-order valence-corrected chi connectivity index (χ2v) is 8.85. The third-order valence-corrected chi connectivity index (χ3v) is 6.98. The van der Waals surface area contributed by atoms with Crippen LogP contribution in [0.3, 0.4) is 0 Å². The maximum atomic E-state index is 12.8. The van der Waals surface area contributed by atoms with Crippen LogP contribution in [0, 0.1) is 11.8 Å². The van der Waals surface area contributed by atoms with Crippen molar-refractivity contribution in [3.63, 3.8) is 0 Å². The molecule has 0 spiro atoms. The molecule has 0 saturated carbocycles. The number of nitrogens with one attached hydrogen (secondary N) is 1. The van der Waals surface area contributed by atoms with E-state index in [0.717, 1.165) is 32.1 Å². The van der Waals surface area contributed by atoms with Gasteiger partial charge in [-0.1, -0.05) is 6.92 Å². The van der Waals surface area contributed by atoms with Crippen LogP contribution in [0.1, 0.15) is 39.0 Å². The minimum Gasteiger partial charge on any atom is -0.385 e. The van der Waals surface area contributed by atoms with Crippen molar-refractivity contribution in [1.82, 2.24) is 13.9 Å². The van der Waals surface area contributed by atoms with E-state index in [1.807, 2.05) is 0 Å². The molecule has 0 aromatic carbocycles. The number of carbonyl (C=O) groups excluding carboxylic acids is 1. The lowest BCUT2D eigenvalue weighted by Crippen LogP contribution is -2.52. The van der Waals surface area contributed by atoms with Crippen molar-refractivity contribution in [3.05, 3.63) is 0 Å². The molecule has 2 heterocycles. The van der Waals surface area contributed by atoms with E-state index in [1.54, 1.807) is 11.4 Å². The summed E-state index contributed by atoms with van der Waals surface area (Å²) in [6.45, 7) is 5.33. The van der Waals surface area contributed by atoms with E-state index in [-0.39, 0.29) is 11.8 Å². The molecule has 1 N–H and O–H groups in total. The predicted octanol–water partition coefficient (Wildman–Crippen LogP) is 0.828. The average Bonchev–Trinajstić information content (AvgIpc) is 2.59. The van der Waals surface area contributed by atoms with Gasteiger partial charge in [-0.05, 0) is 38.0 Å². The van der Waals surface area contributed by atoms with Gasteiger partial charge >= 0.3 is 0 Å². The van der Waals surface area contributed by atoms with Gasteiger partial charge in [0, 0.05) is 46.4 Å². The Bertz CT molecular complexity index is 503. The fourth-order valence-electron chi connectivity index (χ4n) is 3.32. The molecule has 2 fully saturated rings. The molecular formula is C16H31N3O4S. The Balaban J connectivity index is 1.88. The molecule has 140 valence electrons. The highest BCUT2D eigenvalue weighted by Gasteiger charge is 2.36. The summed E-state index contributed by atoms with van der Waals surface area (Å²) in [6, 6.07) is 0. The molecule has 24 heavy (non-hydrogen) atoms. The molecule has 0 unspecified atom stereocenters. The normalized spacial score (nSPS) is 24.8. The topological polar surface area (TPSA) is 79.0 Å². The van der Waals surface area contributed by atoms with Gasteiger partial charge in [0.05, 0.1) is 5.92 Å². The summed E-state index contributed by atoms with van der Waals surface area (Å²) in [6.07, 6.45) is 4.08. The fraction of sp³-hybridized carbons (Fsp3) is 0.938. The minimum atomic E-state index is -3.44. The molecule has 0 aromatic rings. The van der Waals surface area contributed by atoms with Crippen molar-refractivity contribution in [3.8, 4) is 0 Å². The second-order valence-electron chi connectivity index (χ2n) is 6.92. The zero-order valence-corrected chi connectivity index (χ0v) is 15.7. The van der Waals surface area contributed by atoms with Gasteiger partial charge in [0.25, 0.3) is 10.2 Å². The van der Waals surface area contributed by atoms with E-state index >= 15 is 0 Å². The average molecular weight is 362 g/mol. The van der Waals surface area contributed by atoms with E-state index < -0.39 is 10.2 Å². The molecule has 8 heteroatoms. The van der Waals surface area contributed by atoms with Crippen LogP contribution < -0.4 is 5.32 Å². The van der Waals surface area contributed by atoms with Crippen LogP contribution in [0.15, 0.2) is 0 Å². The third kappa shape index (κ3) is 5.15. The first-order valence-electron chi connectivity index (χ1n) is 8.97. The number of nitrogens with zero attached hydrogens (tertiary/aromatic N) is 2. The Morgan fingerprint density at radius 3 is 2.54 bits per heavy atom. The number of hydrogen-bond acceptors (Lipinski definition) is 4. The van der Waals surface area contributed by atoms with E-state index in [4.69, 9.17) is 4.74 Å². The van der Waals surface area contributed by atoms with Crippen LogP contribution in [0.4, 0.5) is 0 Å². The molecule has 0 aliphatic carbocycles. The Labute approximate surface area is 145 Å². The van der Waals surface area contributed by atoms with E-state index in [1.165, 1.54) is 4.31 Å². The van der Waals surface area contributed by atoms with Gasteiger partial charge in [0.15, 0.2) is 0 Å². The highest BCUT2D eigenvalue weighted by atomic mass is 32.2. The first-order chi connectivity index (χ1) is 11.4. The molecule has 0 radical (unpaired) electrons. The van der Waals surface area contributed by atoms with Gasteiger partial charge in [-0.25, -0.2) is 0 Å². The van der Waals surface area contributed by atoms with Crippen LogP contribution in [-0.4, -0.2) is 69.4 Å². The van der Waals surface area contributed by atoms with Gasteiger partial charge in [-0.15, -0.1) is 0 Å². The SMILES string of the molecule is COCCCNC(=O)[C@@H]1CCCN(S(=O)(=O)N2CCC(C)CC2)C1. The Kier molecular flexibility index (Phi) is 7.46. The Hall–Kier alpha value is -0.700. The van der Waals surface area contributed by atoms with E-state index in [9.17, 15) is 13.2 Å². The number of methoxy groups -OCH3 is 1. The van der Waals surface area contributed by atoms with Gasteiger partial charge in [0.2, 0.25) is 5.91 Å². The predicted molar refractivity (Wildman–Crippen MR) is 92.7 cm³/mol. The lowest BCUT2D eigenvalue weighted by atomic mass is 9.99. The van der Waals surface area contributed by atoms with Crippen molar-refractivity contribution in [2.24, 2.45) is 11.8 Å². The summed E-state index contributed by atoms with van der Waals surface area (Å²) < 4.78 is 33.7. The van der Waals surface area contributed by atoms with Gasteiger partial charge in [-0.2, -0.15) is 17.0 Å². The highest BCUT2D eigenvalue weighted by molar-refractivity contribution is 7.86. The maximum Gasteiger partial charge on any atom is 0.281 e. The van der Waals surface area contributed by atoms with Crippen molar-refractivity contribution < 1.29 is 17.9 Å². The molecule has 2 aliphatic rings. The molecule has 0 bridgehead atoms. The molecular weight excluding hydrogens is 330 g/mol. The number of piperidine rings is 2. The van der Waals surface area contributed by atoms with Crippen LogP contribution in [-0.2, 0) is 19.7 Å². The lowest BCUT2D eigenvalue weighted by molar-refractivity contribution is -0.126. The summed E-state index contributed by atoms with van der Waals surface area (Å²) in [5.41, 5.74) is 0. The molecule has 2 aliphatic heterocycles. The zero-order valence-electron chi connectivity index (χ0n) is 14.9. The smallest absolute Gasteiger partial charge is 0.281 e. The molecule has 1 amide bonds. The quantitative estimate of drug-likeness (QED) is 0.681. The highest BCUT2D eigenvalue weighted by Crippen LogP contribution is 2.25. The molecule has 2 saturated heterocycles. The zero-order chi connectivity index (χ0) is 17.6. The molecule has 0 aromatic heterocycles. The van der Waals surface area contributed by atoms with Gasteiger partial charge in [-0.3, -0.25) is 4.79 Å². The number of ether oxygens (including phenoxy) is 1. The summed E-state index contributed by atoms with van der Waals surface area (Å²) in [7, 11) is -1.81. The maximum absolute atomic E-state index is 12.8. The Morgan fingerprint density at radius 2 is 1.88 bits per heavy atom. The largest absolute Gasteiger partial charge is 0.385 e. The molecule has 7 nitrogen and oxygen atoms in total. The first kappa shape index (κ1) is 19.6. The number of hydrogen-bond donors (Lipinski definition) is 1. The second kappa shape index (κ2) is 9.12. The number of carbonyl (C=O) groups is 1. The van der Waals surface area contributed by atoms with E-state index in [2.05, 4.69) is 12.2 Å². The first-order valence-corrected chi connectivity index (χ1v) is 10.4. The monoisotopic (exact) mass is 361 g/mol. The molecule has 2 rings (SSSR count). The van der Waals surface area contributed by atoms with Crippen LogP contribution in [0.25, 0.3) is 0 Å². The lowest BCUT2D eigenvalue weighted by Gasteiger charge is -2.37. The summed E-state index contributed by atoms with van der Waals surface area (Å²) in [4.78, 5) is 12.3. The van der Waals surface area contributed by atoms with Gasteiger partial charge < -0.3 is 10.1 Å². The summed E-state index contributed by atoms with van der Waals surface area (Å²) in [5.74, 6) is 0.293. The van der Waals surface area contributed by atoms with Crippen LogP contribution in [0.5, 0.6) is 0 Å².